The van der Waals surface area contributed by atoms with Gasteiger partial charge in [-0.15, -0.1) is 0 Å². The Bertz CT molecular complexity index is 241. The third kappa shape index (κ3) is 6.36. The van der Waals surface area contributed by atoms with E-state index in [0.29, 0.717) is 6.54 Å². The number of aliphatic hydroxyl groups excluding tert-OH is 1. The minimum Gasteiger partial charge on any atom is -0.480 e. The molecule has 0 bridgehead atoms. The highest BCUT2D eigenvalue weighted by Gasteiger charge is 2.24. The normalized spacial score (nSPS) is 14.6. The molecule has 16 heavy (non-hydrogen) atoms. The molecule has 0 aliphatic rings. The maximum Gasteiger partial charge on any atom is 0.328 e. The summed E-state index contributed by atoms with van der Waals surface area (Å²) in [6.07, 6.45) is -0.922. The van der Waals surface area contributed by atoms with E-state index in [4.69, 9.17) is 10.2 Å². The number of carbonyl (C=O) groups is 2. The number of carboxylic acids is 1. The first-order chi connectivity index (χ1) is 7.34. The van der Waals surface area contributed by atoms with E-state index in [2.05, 4.69) is 10.6 Å². The fraction of sp³-hybridized carbons (Fsp3) is 0.800. The summed E-state index contributed by atoms with van der Waals surface area (Å²) in [4.78, 5) is 22.0. The van der Waals surface area contributed by atoms with Crippen molar-refractivity contribution in [3.05, 3.63) is 0 Å². The molecule has 0 aliphatic heterocycles. The second kappa shape index (κ2) is 7.19. The molecule has 0 radical (unpaired) electrons. The highest BCUT2D eigenvalue weighted by molar-refractivity contribution is 5.83. The fourth-order valence-corrected chi connectivity index (χ4v) is 1.11. The van der Waals surface area contributed by atoms with Crippen LogP contribution in [0.1, 0.15) is 27.2 Å². The second-order valence-corrected chi connectivity index (χ2v) is 3.98. The molecule has 0 unspecified atom stereocenters. The van der Waals surface area contributed by atoms with Crippen LogP contribution in [0, 0.1) is 0 Å². The van der Waals surface area contributed by atoms with Gasteiger partial charge in [0.25, 0.3) is 0 Å². The van der Waals surface area contributed by atoms with E-state index in [1.807, 2.05) is 13.8 Å². The molecular formula is C10H20N2O4. The predicted octanol–water partition coefficient (Wildman–Crippen LogP) is -0.675. The molecule has 0 fully saturated rings. The van der Waals surface area contributed by atoms with Gasteiger partial charge in [-0.2, -0.15) is 0 Å². The zero-order valence-electron chi connectivity index (χ0n) is 9.86. The second-order valence-electron chi connectivity index (χ2n) is 3.98. The van der Waals surface area contributed by atoms with Crippen LogP contribution < -0.4 is 10.6 Å². The van der Waals surface area contributed by atoms with E-state index in [0.717, 1.165) is 0 Å². The van der Waals surface area contributed by atoms with Gasteiger partial charge in [-0.3, -0.25) is 4.79 Å². The Kier molecular flexibility index (Phi) is 6.67. The van der Waals surface area contributed by atoms with Gasteiger partial charge in [0, 0.05) is 19.0 Å². The van der Waals surface area contributed by atoms with Crippen LogP contribution in [0.4, 0.5) is 0 Å². The first-order valence-corrected chi connectivity index (χ1v) is 5.28. The van der Waals surface area contributed by atoms with Gasteiger partial charge in [-0.1, -0.05) is 13.8 Å². The average molecular weight is 232 g/mol. The van der Waals surface area contributed by atoms with Crippen LogP contribution in [0.3, 0.4) is 0 Å². The molecule has 1 amide bonds. The maximum absolute atomic E-state index is 11.3. The Hall–Kier alpha value is -1.14. The number of hydrogen-bond acceptors (Lipinski definition) is 4. The topological polar surface area (TPSA) is 98.7 Å². The van der Waals surface area contributed by atoms with Crippen LogP contribution in [0.25, 0.3) is 0 Å². The van der Waals surface area contributed by atoms with Crippen molar-refractivity contribution in [1.82, 2.24) is 10.6 Å². The number of carboxylic acid groups (broad SMARTS) is 1. The molecule has 6 heteroatoms. The smallest absolute Gasteiger partial charge is 0.328 e. The summed E-state index contributed by atoms with van der Waals surface area (Å²) in [6, 6.07) is -0.966. The first kappa shape index (κ1) is 14.9. The lowest BCUT2D eigenvalue weighted by atomic mass is 10.2. The molecule has 4 N–H and O–H groups in total. The van der Waals surface area contributed by atoms with Crippen molar-refractivity contribution < 1.29 is 19.8 Å². The Labute approximate surface area is 95.0 Å². The predicted molar refractivity (Wildman–Crippen MR) is 59.0 cm³/mol. The minimum absolute atomic E-state index is 0.189. The average Bonchev–Trinajstić information content (AvgIpc) is 2.12. The van der Waals surface area contributed by atoms with Crippen molar-refractivity contribution in [3.8, 4) is 0 Å². The van der Waals surface area contributed by atoms with Crippen LogP contribution in [-0.2, 0) is 9.59 Å². The number of hydrogen-bond donors (Lipinski definition) is 4. The molecule has 0 aromatic heterocycles. The Balaban J connectivity index is 3.97. The van der Waals surface area contributed by atoms with E-state index in [-0.39, 0.29) is 18.4 Å². The van der Waals surface area contributed by atoms with Crippen molar-refractivity contribution in [2.45, 2.75) is 45.4 Å². The largest absolute Gasteiger partial charge is 0.480 e. The zero-order valence-corrected chi connectivity index (χ0v) is 9.86. The molecule has 0 heterocycles. The van der Waals surface area contributed by atoms with Crippen molar-refractivity contribution in [3.63, 3.8) is 0 Å². The minimum atomic E-state index is -1.24. The van der Waals surface area contributed by atoms with Gasteiger partial charge >= 0.3 is 5.97 Å². The molecule has 0 aliphatic carbocycles. The molecule has 6 nitrogen and oxygen atoms in total. The number of carbonyl (C=O) groups excluding carboxylic acids is 1. The standard InChI is InChI=1S/C10H20N2O4/c1-6(2)11-5-4-8(14)12-9(7(3)13)10(15)16/h6-7,9,11,13H,4-5H2,1-3H3,(H,12,14)(H,15,16)/t7-,9+/m1/s1. The van der Waals surface area contributed by atoms with Crippen LogP contribution in [0.2, 0.25) is 0 Å². The maximum atomic E-state index is 11.3. The monoisotopic (exact) mass is 232 g/mol. The lowest BCUT2D eigenvalue weighted by molar-refractivity contribution is -0.144. The Morgan fingerprint density at radius 1 is 1.25 bits per heavy atom. The number of nitrogens with one attached hydrogen (secondary N) is 2. The van der Waals surface area contributed by atoms with Crippen LogP contribution in [0.5, 0.6) is 0 Å². The van der Waals surface area contributed by atoms with Gasteiger partial charge < -0.3 is 20.8 Å². The van der Waals surface area contributed by atoms with E-state index < -0.39 is 18.1 Å². The number of aliphatic hydroxyl groups is 1. The van der Waals surface area contributed by atoms with Crippen LogP contribution in [0.15, 0.2) is 0 Å². The zero-order chi connectivity index (χ0) is 12.7. The van der Waals surface area contributed by atoms with Gasteiger partial charge in [0.05, 0.1) is 6.10 Å². The lowest BCUT2D eigenvalue weighted by Gasteiger charge is -2.17. The number of amides is 1. The molecule has 0 aromatic carbocycles. The molecular weight excluding hydrogens is 212 g/mol. The summed E-state index contributed by atoms with van der Waals surface area (Å²) in [7, 11) is 0. The van der Waals surface area contributed by atoms with Crippen molar-refractivity contribution >= 4 is 11.9 Å². The van der Waals surface area contributed by atoms with E-state index in [1.165, 1.54) is 6.92 Å². The summed E-state index contributed by atoms with van der Waals surface area (Å²) in [5.74, 6) is -1.62. The van der Waals surface area contributed by atoms with E-state index >= 15 is 0 Å². The molecule has 2 atom stereocenters. The number of aliphatic carboxylic acids is 1. The molecule has 0 spiro atoms. The summed E-state index contributed by atoms with van der Waals surface area (Å²) in [5.41, 5.74) is 0. The first-order valence-electron chi connectivity index (χ1n) is 5.28. The third-order valence-electron chi connectivity index (χ3n) is 1.97. The van der Waals surface area contributed by atoms with Crippen molar-refractivity contribution in [1.29, 1.82) is 0 Å². The molecule has 94 valence electrons. The number of rotatable bonds is 7. The molecule has 0 aromatic rings. The quantitative estimate of drug-likeness (QED) is 0.466. The van der Waals surface area contributed by atoms with Crippen molar-refractivity contribution in [2.75, 3.05) is 6.54 Å². The summed E-state index contributed by atoms with van der Waals surface area (Å²) in [6.45, 7) is 5.71. The molecule has 0 saturated heterocycles. The SMILES string of the molecule is CC(C)NCCC(=O)N[C@H](C(=O)O)[C@@H](C)O. The van der Waals surface area contributed by atoms with Crippen LogP contribution in [-0.4, -0.2) is 46.8 Å². The Morgan fingerprint density at radius 2 is 1.81 bits per heavy atom. The third-order valence-corrected chi connectivity index (χ3v) is 1.97. The lowest BCUT2D eigenvalue weighted by Crippen LogP contribution is -2.48. The van der Waals surface area contributed by atoms with Crippen LogP contribution >= 0.6 is 0 Å². The summed E-state index contributed by atoms with van der Waals surface area (Å²) in [5, 5.41) is 23.1. The highest BCUT2D eigenvalue weighted by atomic mass is 16.4. The Morgan fingerprint density at radius 3 is 2.19 bits per heavy atom. The van der Waals surface area contributed by atoms with Gasteiger partial charge in [-0.05, 0) is 6.92 Å². The van der Waals surface area contributed by atoms with Gasteiger partial charge in [0.1, 0.15) is 0 Å². The van der Waals surface area contributed by atoms with Gasteiger partial charge in [0.15, 0.2) is 6.04 Å². The molecule has 0 rings (SSSR count). The molecule has 0 saturated carbocycles. The van der Waals surface area contributed by atoms with E-state index in [9.17, 15) is 9.59 Å². The highest BCUT2D eigenvalue weighted by Crippen LogP contribution is 1.94. The van der Waals surface area contributed by atoms with Gasteiger partial charge in [0.2, 0.25) is 5.91 Å². The van der Waals surface area contributed by atoms with E-state index in [1.54, 1.807) is 0 Å². The summed E-state index contributed by atoms with van der Waals surface area (Å²) < 4.78 is 0. The van der Waals surface area contributed by atoms with Gasteiger partial charge in [-0.25, -0.2) is 4.79 Å². The summed E-state index contributed by atoms with van der Waals surface area (Å²) >= 11 is 0. The van der Waals surface area contributed by atoms with Crippen molar-refractivity contribution in [2.24, 2.45) is 0 Å². The fourth-order valence-electron chi connectivity index (χ4n) is 1.11.